The van der Waals surface area contributed by atoms with Crippen LogP contribution in [0.4, 0.5) is 8.78 Å². The minimum atomic E-state index is -0.810. The number of carbonyl (C=O) groups is 1. The van der Waals surface area contributed by atoms with Gasteiger partial charge in [-0.25, -0.2) is 8.78 Å². The SMILES string of the molecule is COCCC1(C(=O)N2CCC(c3ccc(F)c(F)c3)CC2)CC1. The van der Waals surface area contributed by atoms with Crippen LogP contribution in [0.2, 0.25) is 0 Å². The maximum Gasteiger partial charge on any atom is 0.228 e. The predicted molar refractivity (Wildman–Crippen MR) is 83.1 cm³/mol. The van der Waals surface area contributed by atoms with Crippen molar-refractivity contribution in [3.63, 3.8) is 0 Å². The van der Waals surface area contributed by atoms with Crippen molar-refractivity contribution in [3.05, 3.63) is 35.4 Å². The number of rotatable bonds is 5. The van der Waals surface area contributed by atoms with Crippen LogP contribution in [0.5, 0.6) is 0 Å². The van der Waals surface area contributed by atoms with Crippen molar-refractivity contribution in [2.75, 3.05) is 26.8 Å². The van der Waals surface area contributed by atoms with E-state index in [1.54, 1.807) is 13.2 Å². The zero-order valence-electron chi connectivity index (χ0n) is 13.5. The standard InChI is InChI=1S/C18H23F2NO2/c1-23-11-8-18(6-7-18)17(22)21-9-4-13(5-10-21)14-2-3-15(19)16(20)12-14/h2-3,12-13H,4-11H2,1H3. The van der Waals surface area contributed by atoms with Gasteiger partial charge in [-0.15, -0.1) is 0 Å². The van der Waals surface area contributed by atoms with Crippen LogP contribution in [0.1, 0.15) is 43.6 Å². The molecule has 1 aromatic carbocycles. The lowest BCUT2D eigenvalue weighted by atomic mass is 9.88. The van der Waals surface area contributed by atoms with Crippen LogP contribution >= 0.6 is 0 Å². The molecule has 3 nitrogen and oxygen atoms in total. The van der Waals surface area contributed by atoms with Gasteiger partial charge in [-0.2, -0.15) is 0 Å². The summed E-state index contributed by atoms with van der Waals surface area (Å²) in [6, 6.07) is 4.13. The molecule has 1 aliphatic carbocycles. The highest BCUT2D eigenvalue weighted by atomic mass is 19.2. The molecule has 2 fully saturated rings. The van der Waals surface area contributed by atoms with Crippen LogP contribution in [0.25, 0.3) is 0 Å². The van der Waals surface area contributed by atoms with Gasteiger partial charge in [0, 0.05) is 26.8 Å². The van der Waals surface area contributed by atoms with Crippen molar-refractivity contribution in [1.82, 2.24) is 4.90 Å². The van der Waals surface area contributed by atoms with Gasteiger partial charge in [-0.05, 0) is 55.7 Å². The molecule has 0 N–H and O–H groups in total. The molecule has 0 bridgehead atoms. The van der Waals surface area contributed by atoms with E-state index in [9.17, 15) is 13.6 Å². The number of hydrogen-bond acceptors (Lipinski definition) is 2. The van der Waals surface area contributed by atoms with Crippen molar-refractivity contribution in [1.29, 1.82) is 0 Å². The molecule has 3 rings (SSSR count). The van der Waals surface area contributed by atoms with E-state index in [4.69, 9.17) is 4.74 Å². The van der Waals surface area contributed by atoms with Gasteiger partial charge < -0.3 is 9.64 Å². The van der Waals surface area contributed by atoms with E-state index < -0.39 is 11.6 Å². The average molecular weight is 323 g/mol. The van der Waals surface area contributed by atoms with Gasteiger partial charge in [0.05, 0.1) is 5.41 Å². The molecule has 0 unspecified atom stereocenters. The smallest absolute Gasteiger partial charge is 0.228 e. The minimum Gasteiger partial charge on any atom is -0.385 e. The van der Waals surface area contributed by atoms with Gasteiger partial charge in [-0.1, -0.05) is 6.07 Å². The Morgan fingerprint density at radius 1 is 1.26 bits per heavy atom. The first kappa shape index (κ1) is 16.4. The Hall–Kier alpha value is -1.49. The fourth-order valence-corrected chi connectivity index (χ4v) is 3.54. The molecule has 0 aromatic heterocycles. The maximum absolute atomic E-state index is 13.4. The molecular formula is C18H23F2NO2. The molecule has 1 saturated heterocycles. The van der Waals surface area contributed by atoms with E-state index in [0.717, 1.165) is 37.7 Å². The van der Waals surface area contributed by atoms with E-state index in [-0.39, 0.29) is 17.2 Å². The second kappa shape index (κ2) is 6.56. The quantitative estimate of drug-likeness (QED) is 0.830. The van der Waals surface area contributed by atoms with Crippen LogP contribution in [-0.4, -0.2) is 37.6 Å². The van der Waals surface area contributed by atoms with Crippen molar-refractivity contribution < 1.29 is 18.3 Å². The first-order valence-electron chi connectivity index (χ1n) is 8.29. The van der Waals surface area contributed by atoms with E-state index in [1.165, 1.54) is 12.1 Å². The third-order valence-corrected chi connectivity index (χ3v) is 5.29. The number of carbonyl (C=O) groups excluding carboxylic acids is 1. The fourth-order valence-electron chi connectivity index (χ4n) is 3.54. The van der Waals surface area contributed by atoms with Crippen LogP contribution in [0.3, 0.4) is 0 Å². The summed E-state index contributed by atoms with van der Waals surface area (Å²) in [5.41, 5.74) is 0.640. The van der Waals surface area contributed by atoms with Gasteiger partial charge >= 0.3 is 0 Å². The third kappa shape index (κ3) is 3.39. The summed E-state index contributed by atoms with van der Waals surface area (Å²) in [7, 11) is 1.66. The normalized spacial score (nSPS) is 20.6. The summed E-state index contributed by atoms with van der Waals surface area (Å²) in [6.07, 6.45) is 4.32. The molecule has 0 spiro atoms. The number of halogens is 2. The molecule has 1 saturated carbocycles. The monoisotopic (exact) mass is 323 g/mol. The Labute approximate surface area is 135 Å². The molecule has 23 heavy (non-hydrogen) atoms. The first-order valence-corrected chi connectivity index (χ1v) is 8.29. The lowest BCUT2D eigenvalue weighted by Crippen LogP contribution is -2.42. The number of methoxy groups -OCH3 is 1. The first-order chi connectivity index (χ1) is 11.1. The van der Waals surface area contributed by atoms with Gasteiger partial charge in [0.25, 0.3) is 0 Å². The highest BCUT2D eigenvalue weighted by molar-refractivity contribution is 5.85. The predicted octanol–water partition coefficient (Wildman–Crippen LogP) is 3.49. The zero-order chi connectivity index (χ0) is 16.4. The Balaban J connectivity index is 1.58. The van der Waals surface area contributed by atoms with Crippen LogP contribution in [0.15, 0.2) is 18.2 Å². The maximum atomic E-state index is 13.4. The Morgan fingerprint density at radius 3 is 2.52 bits per heavy atom. The molecule has 1 heterocycles. The van der Waals surface area contributed by atoms with E-state index in [1.807, 2.05) is 4.90 Å². The second-order valence-electron chi connectivity index (χ2n) is 6.76. The Morgan fingerprint density at radius 2 is 1.96 bits per heavy atom. The van der Waals surface area contributed by atoms with E-state index in [2.05, 4.69) is 0 Å². The molecule has 126 valence electrons. The van der Waals surface area contributed by atoms with Crippen molar-refractivity contribution >= 4 is 5.91 Å². The highest BCUT2D eigenvalue weighted by Gasteiger charge is 2.51. The highest BCUT2D eigenvalue weighted by Crippen LogP contribution is 2.50. The van der Waals surface area contributed by atoms with Crippen LogP contribution in [-0.2, 0) is 9.53 Å². The molecule has 0 radical (unpaired) electrons. The molecule has 1 amide bonds. The molecule has 0 atom stereocenters. The average Bonchev–Trinajstić information content (AvgIpc) is 3.36. The summed E-state index contributed by atoms with van der Waals surface area (Å²) >= 11 is 0. The van der Waals surface area contributed by atoms with Crippen LogP contribution in [0, 0.1) is 17.0 Å². The summed E-state index contributed by atoms with van der Waals surface area (Å²) in [6.45, 7) is 2.01. The summed E-state index contributed by atoms with van der Waals surface area (Å²) < 4.78 is 31.5. The molecular weight excluding hydrogens is 300 g/mol. The number of likely N-dealkylation sites (tertiary alicyclic amines) is 1. The Kier molecular flexibility index (Phi) is 4.67. The van der Waals surface area contributed by atoms with Crippen molar-refractivity contribution in [2.45, 2.75) is 38.0 Å². The minimum absolute atomic E-state index is 0.190. The number of piperidine rings is 1. The van der Waals surface area contributed by atoms with Gasteiger partial charge in [-0.3, -0.25) is 4.79 Å². The number of amides is 1. The number of hydrogen-bond donors (Lipinski definition) is 0. The van der Waals surface area contributed by atoms with Crippen molar-refractivity contribution in [2.24, 2.45) is 5.41 Å². The van der Waals surface area contributed by atoms with E-state index >= 15 is 0 Å². The molecule has 1 aromatic rings. The summed E-state index contributed by atoms with van der Waals surface area (Å²) in [5, 5.41) is 0. The topological polar surface area (TPSA) is 29.5 Å². The molecule has 2 aliphatic rings. The van der Waals surface area contributed by atoms with Gasteiger partial charge in [0.15, 0.2) is 11.6 Å². The summed E-state index contributed by atoms with van der Waals surface area (Å²) in [4.78, 5) is 14.6. The van der Waals surface area contributed by atoms with Gasteiger partial charge in [0.1, 0.15) is 0 Å². The van der Waals surface area contributed by atoms with Crippen LogP contribution < -0.4 is 0 Å². The summed E-state index contributed by atoms with van der Waals surface area (Å²) in [5.74, 6) is -1.16. The zero-order valence-corrected chi connectivity index (χ0v) is 13.5. The molecule has 1 aliphatic heterocycles. The number of ether oxygens (including phenoxy) is 1. The fraction of sp³-hybridized carbons (Fsp3) is 0.611. The number of benzene rings is 1. The van der Waals surface area contributed by atoms with Gasteiger partial charge in [0.2, 0.25) is 5.91 Å². The lowest BCUT2D eigenvalue weighted by Gasteiger charge is -2.34. The Bertz CT molecular complexity index is 578. The van der Waals surface area contributed by atoms with Crippen molar-refractivity contribution in [3.8, 4) is 0 Å². The number of nitrogens with zero attached hydrogens (tertiary/aromatic N) is 1. The van der Waals surface area contributed by atoms with E-state index in [0.29, 0.717) is 19.7 Å². The lowest BCUT2D eigenvalue weighted by molar-refractivity contribution is -0.138. The largest absolute Gasteiger partial charge is 0.385 e. The molecule has 5 heteroatoms. The second-order valence-corrected chi connectivity index (χ2v) is 6.76. The third-order valence-electron chi connectivity index (χ3n) is 5.29.